The Hall–Kier alpha value is -2.39. The van der Waals surface area contributed by atoms with Gasteiger partial charge in [-0.15, -0.1) is 0 Å². The summed E-state index contributed by atoms with van der Waals surface area (Å²) in [5.41, 5.74) is 2.84. The molecule has 2 heterocycles. The van der Waals surface area contributed by atoms with Gasteiger partial charge >= 0.3 is 5.76 Å². The van der Waals surface area contributed by atoms with Gasteiger partial charge in [0.25, 0.3) is 0 Å². The Morgan fingerprint density at radius 3 is 2.65 bits per heavy atom. The Morgan fingerprint density at radius 1 is 1.23 bits per heavy atom. The number of nitrogens with one attached hydrogen (secondary N) is 1. The third-order valence-electron chi connectivity index (χ3n) is 4.21. The number of aromatic nitrogens is 3. The molecule has 0 bridgehead atoms. The lowest BCUT2D eigenvalue weighted by molar-refractivity contribution is 0.512. The third-order valence-corrected chi connectivity index (χ3v) is 5.67. The van der Waals surface area contributed by atoms with Crippen molar-refractivity contribution in [3.05, 3.63) is 46.2 Å². The largest absolute Gasteiger partial charge is 0.419 e. The first kappa shape index (κ1) is 18.4. The van der Waals surface area contributed by atoms with Crippen LogP contribution in [0.3, 0.4) is 0 Å². The Labute approximate surface area is 151 Å². The van der Waals surface area contributed by atoms with Gasteiger partial charge < -0.3 is 4.42 Å². The summed E-state index contributed by atoms with van der Waals surface area (Å²) in [6, 6.07) is 6.43. The molecule has 1 aromatic carbocycles. The van der Waals surface area contributed by atoms with E-state index in [0.29, 0.717) is 31.6 Å². The maximum Gasteiger partial charge on any atom is 0.419 e. The van der Waals surface area contributed by atoms with Gasteiger partial charge in [0.15, 0.2) is 5.58 Å². The van der Waals surface area contributed by atoms with Gasteiger partial charge in [0.2, 0.25) is 10.0 Å². The highest BCUT2D eigenvalue weighted by molar-refractivity contribution is 7.89. The molecular weight excluding hydrogens is 356 g/mol. The normalized spacial score (nSPS) is 12.1. The van der Waals surface area contributed by atoms with Crippen LogP contribution in [0, 0.1) is 13.8 Å². The Balaban J connectivity index is 1.69. The van der Waals surface area contributed by atoms with Crippen molar-refractivity contribution in [3.63, 3.8) is 0 Å². The molecule has 140 valence electrons. The summed E-state index contributed by atoms with van der Waals surface area (Å²) in [4.78, 5) is 11.8. The molecule has 0 aliphatic carbocycles. The first-order chi connectivity index (χ1) is 12.3. The second-order valence-electron chi connectivity index (χ2n) is 6.14. The van der Waals surface area contributed by atoms with Crippen LogP contribution in [0.2, 0.25) is 0 Å². The molecule has 0 amide bonds. The molecule has 9 heteroatoms. The zero-order valence-electron chi connectivity index (χ0n) is 15.0. The summed E-state index contributed by atoms with van der Waals surface area (Å²) in [5.74, 6) is -0.491. The van der Waals surface area contributed by atoms with Gasteiger partial charge in [-0.05, 0) is 45.4 Å². The van der Waals surface area contributed by atoms with Gasteiger partial charge in [-0.3, -0.25) is 9.25 Å². The van der Waals surface area contributed by atoms with Crippen LogP contribution in [0.1, 0.15) is 24.7 Å². The van der Waals surface area contributed by atoms with E-state index in [-0.39, 0.29) is 10.5 Å². The molecular formula is C17H22N4O4S. The maximum atomic E-state index is 12.5. The highest BCUT2D eigenvalue weighted by Gasteiger charge is 2.17. The van der Waals surface area contributed by atoms with Crippen molar-refractivity contribution in [2.45, 2.75) is 45.2 Å². The van der Waals surface area contributed by atoms with Gasteiger partial charge in [-0.2, -0.15) is 5.10 Å². The molecule has 2 aromatic heterocycles. The second kappa shape index (κ2) is 7.08. The molecule has 26 heavy (non-hydrogen) atoms. The average Bonchev–Trinajstić information content (AvgIpc) is 3.08. The first-order valence-electron chi connectivity index (χ1n) is 8.46. The lowest BCUT2D eigenvalue weighted by Gasteiger charge is -2.08. The van der Waals surface area contributed by atoms with Crippen molar-refractivity contribution < 1.29 is 12.8 Å². The van der Waals surface area contributed by atoms with E-state index in [2.05, 4.69) is 9.82 Å². The number of nitrogens with zero attached hydrogens (tertiary/aromatic N) is 3. The molecule has 0 spiro atoms. The number of hydrogen-bond acceptors (Lipinski definition) is 5. The summed E-state index contributed by atoms with van der Waals surface area (Å²) in [6.45, 7) is 7.10. The van der Waals surface area contributed by atoms with E-state index in [9.17, 15) is 13.2 Å². The summed E-state index contributed by atoms with van der Waals surface area (Å²) in [5, 5.41) is 4.35. The zero-order valence-corrected chi connectivity index (χ0v) is 15.8. The average molecular weight is 378 g/mol. The van der Waals surface area contributed by atoms with E-state index in [0.717, 1.165) is 11.4 Å². The van der Waals surface area contributed by atoms with Crippen LogP contribution in [0.15, 0.2) is 38.4 Å². The molecule has 0 saturated carbocycles. The van der Waals surface area contributed by atoms with E-state index in [1.807, 2.05) is 31.5 Å². The van der Waals surface area contributed by atoms with Crippen molar-refractivity contribution in [2.24, 2.45) is 0 Å². The predicted molar refractivity (Wildman–Crippen MR) is 97.7 cm³/mol. The van der Waals surface area contributed by atoms with Crippen molar-refractivity contribution >= 4 is 21.1 Å². The van der Waals surface area contributed by atoms with Crippen molar-refractivity contribution in [1.29, 1.82) is 0 Å². The summed E-state index contributed by atoms with van der Waals surface area (Å²) in [7, 11) is -3.67. The molecule has 3 rings (SSSR count). The van der Waals surface area contributed by atoms with Crippen LogP contribution in [-0.2, 0) is 23.1 Å². The number of sulfonamides is 1. The summed E-state index contributed by atoms with van der Waals surface area (Å²) in [6.07, 6.45) is 0.616. The predicted octanol–water partition coefficient (Wildman–Crippen LogP) is 1.80. The number of benzene rings is 1. The molecule has 0 unspecified atom stereocenters. The lowest BCUT2D eigenvalue weighted by Crippen LogP contribution is -2.25. The molecule has 0 saturated heterocycles. The first-order valence-corrected chi connectivity index (χ1v) is 9.94. The molecule has 0 aliphatic heterocycles. The molecule has 1 N–H and O–H groups in total. The highest BCUT2D eigenvalue weighted by Crippen LogP contribution is 2.18. The fraction of sp³-hybridized carbons (Fsp3) is 0.412. The maximum absolute atomic E-state index is 12.5. The molecule has 0 fully saturated rings. The molecule has 0 radical (unpaired) electrons. The number of hydrogen-bond donors (Lipinski definition) is 1. The van der Waals surface area contributed by atoms with Gasteiger partial charge in [-0.25, -0.2) is 17.9 Å². The molecule has 3 aromatic rings. The minimum Gasteiger partial charge on any atom is -0.408 e. The van der Waals surface area contributed by atoms with Gasteiger partial charge in [-0.1, -0.05) is 0 Å². The lowest BCUT2D eigenvalue weighted by atomic mass is 10.3. The molecule has 0 aliphatic rings. The summed E-state index contributed by atoms with van der Waals surface area (Å²) >= 11 is 0. The SMILES string of the molecule is CCn1c(=O)oc2cc(S(=O)(=O)NCCCn3nc(C)cc3C)ccc21. The van der Waals surface area contributed by atoms with E-state index < -0.39 is 15.8 Å². The number of oxazole rings is 1. The minimum absolute atomic E-state index is 0.0770. The van der Waals surface area contributed by atoms with Crippen LogP contribution in [0.4, 0.5) is 0 Å². The van der Waals surface area contributed by atoms with Crippen molar-refractivity contribution in [3.8, 4) is 0 Å². The highest BCUT2D eigenvalue weighted by atomic mass is 32.2. The molecule has 0 atom stereocenters. The van der Waals surface area contributed by atoms with Crippen LogP contribution < -0.4 is 10.5 Å². The van der Waals surface area contributed by atoms with E-state index in [1.165, 1.54) is 16.7 Å². The van der Waals surface area contributed by atoms with E-state index in [4.69, 9.17) is 4.42 Å². The monoisotopic (exact) mass is 378 g/mol. The van der Waals surface area contributed by atoms with Crippen molar-refractivity contribution in [2.75, 3.05) is 6.54 Å². The topological polar surface area (TPSA) is 99.1 Å². The molecule has 8 nitrogen and oxygen atoms in total. The van der Waals surface area contributed by atoms with Crippen molar-refractivity contribution in [1.82, 2.24) is 19.1 Å². The fourth-order valence-corrected chi connectivity index (χ4v) is 4.02. The van der Waals surface area contributed by atoms with E-state index >= 15 is 0 Å². The number of fused-ring (bicyclic) bond motifs is 1. The fourth-order valence-electron chi connectivity index (χ4n) is 2.93. The van der Waals surface area contributed by atoms with Gasteiger partial charge in [0, 0.05) is 31.4 Å². The second-order valence-corrected chi connectivity index (χ2v) is 7.91. The Bertz CT molecular complexity index is 1090. The number of rotatable bonds is 7. The van der Waals surface area contributed by atoms with Gasteiger partial charge in [0.05, 0.1) is 16.1 Å². The Morgan fingerprint density at radius 2 is 2.00 bits per heavy atom. The Kier molecular flexibility index (Phi) is 5.01. The minimum atomic E-state index is -3.67. The third kappa shape index (κ3) is 3.58. The van der Waals surface area contributed by atoms with Crippen LogP contribution in [0.25, 0.3) is 11.1 Å². The van der Waals surface area contributed by atoms with E-state index in [1.54, 1.807) is 6.07 Å². The smallest absolute Gasteiger partial charge is 0.408 e. The number of aryl methyl sites for hydroxylation is 4. The van der Waals surface area contributed by atoms with Crippen LogP contribution in [0.5, 0.6) is 0 Å². The zero-order chi connectivity index (χ0) is 18.9. The van der Waals surface area contributed by atoms with Crippen LogP contribution in [-0.4, -0.2) is 29.3 Å². The van der Waals surface area contributed by atoms with Gasteiger partial charge in [0.1, 0.15) is 0 Å². The summed E-state index contributed by atoms with van der Waals surface area (Å²) < 4.78 is 35.9. The van der Waals surface area contributed by atoms with Crippen LogP contribution >= 0.6 is 0 Å². The standard InChI is InChI=1S/C17H22N4O4S/c1-4-20-15-7-6-14(11-16(15)25-17(20)22)26(23,24)18-8-5-9-21-13(3)10-12(2)19-21/h6-7,10-11,18H,4-5,8-9H2,1-3H3. The quantitative estimate of drug-likeness (QED) is 0.632.